The molecule has 4 rings (SSSR count). The fraction of sp³-hybridized carbons (Fsp3) is 0.394. The number of para-hydroxylation sites is 1. The summed E-state index contributed by atoms with van der Waals surface area (Å²) in [5, 5.41) is 20.3. The number of thiol groups is 2. The first kappa shape index (κ1) is 37.3. The number of hydrogen-bond donors (Lipinski definition) is 9. The summed E-state index contributed by atoms with van der Waals surface area (Å²) in [6.07, 6.45) is 2.78. The molecule has 0 bridgehead atoms. The van der Waals surface area contributed by atoms with Crippen LogP contribution in [0.3, 0.4) is 0 Å². The van der Waals surface area contributed by atoms with Crippen LogP contribution in [0.4, 0.5) is 0 Å². The first-order valence-electron chi connectivity index (χ1n) is 15.8. The van der Waals surface area contributed by atoms with E-state index in [2.05, 4.69) is 51.5 Å². The zero-order valence-electron chi connectivity index (χ0n) is 26.6. The highest BCUT2D eigenvalue weighted by atomic mass is 32.1. The van der Waals surface area contributed by atoms with Crippen molar-refractivity contribution < 1.29 is 33.9 Å². The van der Waals surface area contributed by atoms with Gasteiger partial charge in [-0.25, -0.2) is 4.79 Å². The van der Waals surface area contributed by atoms with E-state index in [4.69, 9.17) is 5.73 Å². The van der Waals surface area contributed by atoms with E-state index in [0.29, 0.717) is 12.8 Å². The smallest absolute Gasteiger partial charge is 0.327 e. The molecule has 49 heavy (non-hydrogen) atoms. The van der Waals surface area contributed by atoms with Crippen LogP contribution in [0, 0.1) is 0 Å². The molecule has 2 heterocycles. The number of amides is 5. The van der Waals surface area contributed by atoms with Crippen molar-refractivity contribution in [1.82, 2.24) is 31.2 Å². The van der Waals surface area contributed by atoms with Gasteiger partial charge in [0.2, 0.25) is 29.5 Å². The summed E-state index contributed by atoms with van der Waals surface area (Å²) in [7, 11) is 0. The van der Waals surface area contributed by atoms with Crippen molar-refractivity contribution in [1.29, 1.82) is 0 Å². The predicted molar refractivity (Wildman–Crippen MR) is 189 cm³/mol. The number of benzene rings is 2. The normalized spacial score (nSPS) is 16.6. The number of aliphatic carboxylic acids is 1. The van der Waals surface area contributed by atoms with Crippen LogP contribution in [0.5, 0.6) is 0 Å². The van der Waals surface area contributed by atoms with Gasteiger partial charge in [-0.2, -0.15) is 25.3 Å². The van der Waals surface area contributed by atoms with Gasteiger partial charge in [0.25, 0.3) is 0 Å². The molecule has 5 amide bonds. The average Bonchev–Trinajstić information content (AvgIpc) is 3.76. The van der Waals surface area contributed by atoms with Gasteiger partial charge in [-0.15, -0.1) is 0 Å². The molecule has 1 aliphatic rings. The van der Waals surface area contributed by atoms with Gasteiger partial charge in [-0.1, -0.05) is 48.5 Å². The van der Waals surface area contributed by atoms with E-state index in [1.807, 2.05) is 54.6 Å². The summed E-state index contributed by atoms with van der Waals surface area (Å²) < 4.78 is 0. The molecule has 5 atom stereocenters. The molecule has 1 aliphatic heterocycles. The molecule has 1 fully saturated rings. The maximum absolute atomic E-state index is 14.0. The summed E-state index contributed by atoms with van der Waals surface area (Å²) in [5.74, 6) is -4.37. The van der Waals surface area contributed by atoms with Crippen molar-refractivity contribution in [3.8, 4) is 0 Å². The number of hydrogen-bond acceptors (Lipinski definition) is 9. The van der Waals surface area contributed by atoms with Crippen molar-refractivity contribution in [3.05, 3.63) is 71.9 Å². The van der Waals surface area contributed by atoms with Gasteiger partial charge in [0, 0.05) is 48.0 Å². The number of likely N-dealkylation sites (tertiary alicyclic amines) is 1. The number of nitrogens with two attached hydrogens (primary N) is 1. The van der Waals surface area contributed by atoms with Crippen LogP contribution in [0.15, 0.2) is 60.8 Å². The molecule has 16 heteroatoms. The van der Waals surface area contributed by atoms with Crippen molar-refractivity contribution >= 4 is 71.7 Å². The van der Waals surface area contributed by atoms with Crippen LogP contribution in [0.25, 0.3) is 10.9 Å². The Balaban J connectivity index is 1.52. The first-order valence-corrected chi connectivity index (χ1v) is 17.1. The Morgan fingerprint density at radius 1 is 0.878 bits per heavy atom. The Morgan fingerprint density at radius 3 is 2.29 bits per heavy atom. The Morgan fingerprint density at radius 2 is 1.59 bits per heavy atom. The number of aromatic amines is 1. The zero-order valence-corrected chi connectivity index (χ0v) is 28.4. The second kappa shape index (κ2) is 17.7. The summed E-state index contributed by atoms with van der Waals surface area (Å²) in [6.45, 7) is -0.286. The van der Waals surface area contributed by atoms with E-state index >= 15 is 0 Å². The van der Waals surface area contributed by atoms with Gasteiger partial charge in [-0.3, -0.25) is 24.0 Å². The lowest BCUT2D eigenvalue weighted by Gasteiger charge is -2.30. The number of nitrogens with one attached hydrogen (secondary N) is 5. The van der Waals surface area contributed by atoms with Crippen LogP contribution in [-0.4, -0.2) is 105 Å². The second-order valence-electron chi connectivity index (χ2n) is 11.7. The van der Waals surface area contributed by atoms with Crippen LogP contribution in [-0.2, 0) is 41.6 Å². The van der Waals surface area contributed by atoms with E-state index in [0.717, 1.165) is 22.0 Å². The third-order valence-corrected chi connectivity index (χ3v) is 9.00. The van der Waals surface area contributed by atoms with Gasteiger partial charge < -0.3 is 42.0 Å². The number of carboxylic acids is 1. The summed E-state index contributed by atoms with van der Waals surface area (Å²) in [6, 6.07) is 11.3. The SMILES string of the molecule is N[C@@H](CS)C(=O)N[C@@H](Cc1ccccc1)C(=O)N1CCC[C@H]1C(=O)N[C@@H](Cc1c[nH]c2ccccc12)C(=O)NCC(=O)N[C@@H](CS)C(=O)O. The number of fused-ring (bicyclic) bond motifs is 1. The topological polar surface area (TPSA) is 216 Å². The summed E-state index contributed by atoms with van der Waals surface area (Å²) in [4.78, 5) is 82.3. The lowest BCUT2D eigenvalue weighted by molar-refractivity contribution is -0.142. The quantitative estimate of drug-likeness (QED) is 0.0904. The van der Waals surface area contributed by atoms with Gasteiger partial charge >= 0.3 is 5.97 Å². The fourth-order valence-electron chi connectivity index (χ4n) is 5.63. The maximum Gasteiger partial charge on any atom is 0.327 e. The molecule has 0 saturated carbocycles. The Hall–Kier alpha value is -4.54. The molecule has 0 spiro atoms. The molecule has 1 aromatic heterocycles. The van der Waals surface area contributed by atoms with Gasteiger partial charge in [0.05, 0.1) is 12.6 Å². The fourth-order valence-corrected chi connectivity index (χ4v) is 6.05. The predicted octanol–water partition coefficient (Wildman–Crippen LogP) is -0.214. The Labute approximate surface area is 294 Å². The Kier molecular flexibility index (Phi) is 13.5. The maximum atomic E-state index is 14.0. The second-order valence-corrected chi connectivity index (χ2v) is 12.4. The van der Waals surface area contributed by atoms with E-state index in [1.54, 1.807) is 6.20 Å². The molecule has 0 unspecified atom stereocenters. The highest BCUT2D eigenvalue weighted by Crippen LogP contribution is 2.22. The lowest BCUT2D eigenvalue weighted by Crippen LogP contribution is -2.58. The molecule has 14 nitrogen and oxygen atoms in total. The lowest BCUT2D eigenvalue weighted by atomic mass is 10.0. The van der Waals surface area contributed by atoms with Crippen molar-refractivity contribution in [3.63, 3.8) is 0 Å². The van der Waals surface area contributed by atoms with Crippen LogP contribution >= 0.6 is 25.3 Å². The van der Waals surface area contributed by atoms with Crippen molar-refractivity contribution in [2.75, 3.05) is 24.6 Å². The third kappa shape index (κ3) is 9.99. The minimum atomic E-state index is -1.27. The summed E-state index contributed by atoms with van der Waals surface area (Å²) in [5.41, 5.74) is 8.22. The standard InChI is InChI=1S/C33H41N7O7S2/c34-22(17-48)29(42)39-25(13-19-7-2-1-3-8-19)32(45)40-12-6-11-27(40)31(44)38-24(14-20-15-35-23-10-5-4-9-21(20)23)30(43)36-16-28(41)37-26(18-49)33(46)47/h1-5,7-10,15,22,24-27,35,48-49H,6,11-14,16-18,34H2,(H,36,43)(H,37,41)(H,38,44)(H,39,42)(H,46,47)/t22-,24-,25-,26-,27-/m0/s1. The van der Waals surface area contributed by atoms with Crippen molar-refractivity contribution in [2.45, 2.75) is 55.9 Å². The molecular weight excluding hydrogens is 671 g/mol. The van der Waals surface area contributed by atoms with Crippen LogP contribution < -0.4 is 27.0 Å². The highest BCUT2D eigenvalue weighted by molar-refractivity contribution is 7.80. The van der Waals surface area contributed by atoms with E-state index < -0.39 is 72.3 Å². The minimum Gasteiger partial charge on any atom is -0.480 e. The highest BCUT2D eigenvalue weighted by Gasteiger charge is 2.39. The number of aromatic nitrogens is 1. The molecule has 1 saturated heterocycles. The molecule has 3 aromatic rings. The van der Waals surface area contributed by atoms with Crippen LogP contribution in [0.1, 0.15) is 24.0 Å². The molecular formula is C33H41N7O7S2. The van der Waals surface area contributed by atoms with Crippen molar-refractivity contribution in [2.24, 2.45) is 5.73 Å². The Bertz CT molecular complexity index is 1650. The molecule has 0 radical (unpaired) electrons. The number of carbonyl (C=O) groups excluding carboxylic acids is 5. The van der Waals surface area contributed by atoms with Gasteiger partial charge in [0.15, 0.2) is 0 Å². The molecule has 262 valence electrons. The van der Waals surface area contributed by atoms with Gasteiger partial charge in [-0.05, 0) is 30.0 Å². The van der Waals surface area contributed by atoms with E-state index in [9.17, 15) is 33.9 Å². The first-order chi connectivity index (χ1) is 23.5. The summed E-state index contributed by atoms with van der Waals surface area (Å²) >= 11 is 8.02. The molecule has 8 N–H and O–H groups in total. The third-order valence-electron chi connectivity index (χ3n) is 8.24. The monoisotopic (exact) mass is 711 g/mol. The van der Waals surface area contributed by atoms with Crippen LogP contribution in [0.2, 0.25) is 0 Å². The number of carbonyl (C=O) groups is 6. The van der Waals surface area contributed by atoms with E-state index in [-0.39, 0.29) is 30.9 Å². The molecule has 2 aromatic carbocycles. The molecule has 0 aliphatic carbocycles. The number of rotatable bonds is 16. The average molecular weight is 712 g/mol. The number of nitrogens with zero attached hydrogens (tertiary/aromatic N) is 1. The van der Waals surface area contributed by atoms with Gasteiger partial charge in [0.1, 0.15) is 24.2 Å². The van der Waals surface area contributed by atoms with E-state index in [1.165, 1.54) is 4.90 Å². The zero-order chi connectivity index (χ0) is 35.5. The minimum absolute atomic E-state index is 0.0482. The largest absolute Gasteiger partial charge is 0.480 e. The number of carboxylic acid groups (broad SMARTS) is 1. The number of H-pyrrole nitrogens is 1.